The van der Waals surface area contributed by atoms with E-state index in [1.807, 2.05) is 0 Å². The molecule has 0 nitrogen and oxygen atoms in total. The second kappa shape index (κ2) is 5.19. The third kappa shape index (κ3) is 2.16. The van der Waals surface area contributed by atoms with Crippen LogP contribution in [0.25, 0.3) is 26.1 Å². The highest BCUT2D eigenvalue weighted by molar-refractivity contribution is 7.44. The van der Waals surface area contributed by atoms with Crippen molar-refractivity contribution < 1.29 is 0 Å². The van der Waals surface area contributed by atoms with Crippen LogP contribution in [0.1, 0.15) is 0 Å². The number of hydrogen-bond donors (Lipinski definition) is 0. The van der Waals surface area contributed by atoms with Crippen molar-refractivity contribution in [3.63, 3.8) is 0 Å². The average Bonchev–Trinajstić information content (AvgIpc) is 2.96. The van der Waals surface area contributed by atoms with E-state index in [0.717, 1.165) is 0 Å². The van der Waals surface area contributed by atoms with Crippen molar-refractivity contribution in [1.29, 1.82) is 0 Å². The summed E-state index contributed by atoms with van der Waals surface area (Å²) in [5, 5.41) is 3.80. The minimum absolute atomic E-state index is 0.0418. The van der Waals surface area contributed by atoms with E-state index < -0.39 is 0 Å². The molecule has 0 aliphatic heterocycles. The predicted molar refractivity (Wildman–Crippen MR) is 93.2 cm³/mol. The van der Waals surface area contributed by atoms with Crippen molar-refractivity contribution in [2.45, 2.75) is 0 Å². The molecule has 100 valence electrons. The molecule has 0 radical (unpaired) electrons. The summed E-state index contributed by atoms with van der Waals surface area (Å²) in [5.74, 6) is 0. The molecule has 0 bridgehead atoms. The smallest absolute Gasteiger partial charge is 0.0622 e. The molecule has 1 aromatic heterocycles. The van der Waals surface area contributed by atoms with Gasteiger partial charge in [-0.1, -0.05) is 60.7 Å². The molecule has 21 heavy (non-hydrogen) atoms. The van der Waals surface area contributed by atoms with Crippen LogP contribution in [0.3, 0.4) is 0 Å². The molecule has 0 aliphatic carbocycles. The van der Waals surface area contributed by atoms with Gasteiger partial charge in [-0.25, -0.2) is 0 Å². The van der Waals surface area contributed by atoms with E-state index in [4.69, 9.17) is 0 Å². The molecule has 0 saturated heterocycles. The normalized spacial score (nSPS) is 11.7. The Kier molecular flexibility index (Phi) is 3.06. The quantitative estimate of drug-likeness (QED) is 0.382. The molecule has 4 rings (SSSR count). The Balaban J connectivity index is 2.02. The van der Waals surface area contributed by atoms with Crippen molar-refractivity contribution in [3.05, 3.63) is 90.3 Å². The zero-order chi connectivity index (χ0) is 14.1. The minimum atomic E-state index is 0.0418. The number of fused-ring (bicyclic) bond motifs is 1. The maximum atomic E-state index is 2.43. The average molecular weight is 287 g/mol. The minimum Gasteiger partial charge on any atom is -0.0622 e. The van der Waals surface area contributed by atoms with Crippen molar-refractivity contribution in [1.82, 2.24) is 0 Å². The highest BCUT2D eigenvalue weighted by Crippen LogP contribution is 2.45. The molecule has 0 N–H and O–H groups in total. The van der Waals surface area contributed by atoms with Gasteiger partial charge in [-0.15, -0.1) is 0 Å². The maximum absolute atomic E-state index is 2.43. The largest absolute Gasteiger partial charge is 0.187 e. The van der Waals surface area contributed by atoms with Crippen LogP contribution in [0.4, 0.5) is 0 Å². The molecule has 0 fully saturated rings. The van der Waals surface area contributed by atoms with Crippen LogP contribution >= 0.6 is 10.5 Å². The van der Waals surface area contributed by atoms with E-state index >= 15 is 0 Å². The van der Waals surface area contributed by atoms with E-state index in [0.29, 0.717) is 0 Å². The molecule has 3 aromatic carbocycles. The molecular weight excluding hydrogens is 272 g/mol. The summed E-state index contributed by atoms with van der Waals surface area (Å²) in [6, 6.07) is 30.2. The first kappa shape index (κ1) is 12.4. The molecule has 1 unspecified atom stereocenters. The monoisotopic (exact) mass is 287 g/mol. The third-order valence-corrected chi connectivity index (χ3v) is 5.81. The molecule has 1 heteroatoms. The van der Waals surface area contributed by atoms with Gasteiger partial charge in [-0.05, 0) is 29.8 Å². The Bertz CT molecular complexity index is 800. The van der Waals surface area contributed by atoms with Gasteiger partial charge in [-0.2, -0.15) is 0 Å². The molecule has 0 saturated carbocycles. The lowest BCUT2D eigenvalue weighted by Gasteiger charge is -1.95. The number of rotatable bonds is 2. The van der Waals surface area contributed by atoms with E-state index in [1.165, 1.54) is 26.1 Å². The van der Waals surface area contributed by atoms with Crippen LogP contribution in [0.2, 0.25) is 0 Å². The van der Waals surface area contributed by atoms with Crippen molar-refractivity contribution in [3.8, 4) is 16.0 Å². The van der Waals surface area contributed by atoms with Crippen LogP contribution in [0.15, 0.2) is 90.3 Å². The molecule has 0 amide bonds. The van der Waals surface area contributed by atoms with Gasteiger partial charge in [0.2, 0.25) is 0 Å². The van der Waals surface area contributed by atoms with Gasteiger partial charge < -0.3 is 0 Å². The van der Waals surface area contributed by atoms with Crippen molar-refractivity contribution in [2.75, 3.05) is 0 Å². The van der Waals surface area contributed by atoms with Crippen LogP contribution in [0.5, 0.6) is 0 Å². The van der Waals surface area contributed by atoms with Crippen LogP contribution < -0.4 is 0 Å². The van der Waals surface area contributed by atoms with Crippen LogP contribution in [0, 0.1) is 0 Å². The van der Waals surface area contributed by atoms with E-state index in [2.05, 4.69) is 90.3 Å². The summed E-state index contributed by atoms with van der Waals surface area (Å²) >= 11 is 0. The Morgan fingerprint density at radius 3 is 1.95 bits per heavy atom. The lowest BCUT2D eigenvalue weighted by atomic mass is 10.1. The van der Waals surface area contributed by atoms with Gasteiger partial charge in [-0.3, -0.25) is 0 Å². The Morgan fingerprint density at radius 1 is 0.571 bits per heavy atom. The Hall–Kier alpha value is -2.38. The van der Waals surface area contributed by atoms with Gasteiger partial charge in [0, 0.05) is 21.4 Å². The number of benzene rings is 3. The Morgan fingerprint density at radius 2 is 1.19 bits per heavy atom. The first-order chi connectivity index (χ1) is 10.4. The molecular formula is C20H15S+. The fraction of sp³-hybridized carbons (Fsp3) is 0. The Labute approximate surface area is 127 Å². The standard InChI is InChI=1S/C20H15S/c1-3-9-16(10-4-1)19-15-21(17-11-5-2-6-12-17)20-14-8-7-13-18(19)20/h1-15H/q+1. The van der Waals surface area contributed by atoms with Gasteiger partial charge in [0.15, 0.2) is 15.0 Å². The van der Waals surface area contributed by atoms with Crippen molar-refractivity contribution >= 4 is 20.6 Å². The predicted octanol–water partition coefficient (Wildman–Crippen LogP) is 6.25. The molecule has 0 spiro atoms. The summed E-state index contributed by atoms with van der Waals surface area (Å²) in [6.45, 7) is 0. The second-order valence-electron chi connectivity index (χ2n) is 5.04. The highest BCUT2D eigenvalue weighted by Gasteiger charge is 2.20. The zero-order valence-corrected chi connectivity index (χ0v) is 12.4. The van der Waals surface area contributed by atoms with Gasteiger partial charge >= 0.3 is 0 Å². The summed E-state index contributed by atoms with van der Waals surface area (Å²) < 4.78 is 1.43. The first-order valence-corrected chi connectivity index (χ1v) is 8.37. The molecule has 0 aliphatic rings. The van der Waals surface area contributed by atoms with Gasteiger partial charge in [0.1, 0.15) is 0 Å². The fourth-order valence-corrected chi connectivity index (χ4v) is 4.84. The molecule has 1 heterocycles. The first-order valence-electron chi connectivity index (χ1n) is 7.08. The third-order valence-electron chi connectivity index (χ3n) is 3.73. The second-order valence-corrected chi connectivity index (χ2v) is 6.87. The van der Waals surface area contributed by atoms with Crippen LogP contribution in [-0.2, 0) is 0 Å². The summed E-state index contributed by atoms with van der Waals surface area (Å²) in [7, 11) is 0.0418. The van der Waals surface area contributed by atoms with Crippen LogP contribution in [-0.4, -0.2) is 0 Å². The number of hydrogen-bond acceptors (Lipinski definition) is 0. The lowest BCUT2D eigenvalue weighted by Crippen LogP contribution is -1.73. The molecule has 1 atom stereocenters. The van der Waals surface area contributed by atoms with E-state index in [-0.39, 0.29) is 10.5 Å². The lowest BCUT2D eigenvalue weighted by molar-refractivity contribution is 1.69. The maximum Gasteiger partial charge on any atom is 0.187 e. The summed E-state index contributed by atoms with van der Waals surface area (Å²) in [4.78, 5) is 1.39. The zero-order valence-electron chi connectivity index (χ0n) is 11.6. The van der Waals surface area contributed by atoms with Gasteiger partial charge in [0.25, 0.3) is 0 Å². The molecule has 4 aromatic rings. The highest BCUT2D eigenvalue weighted by atomic mass is 32.2. The topological polar surface area (TPSA) is 0 Å². The van der Waals surface area contributed by atoms with E-state index in [1.54, 1.807) is 0 Å². The fourth-order valence-electron chi connectivity index (χ4n) is 2.73. The number of thiophene rings is 1. The van der Waals surface area contributed by atoms with Gasteiger partial charge in [0.05, 0.1) is 0 Å². The van der Waals surface area contributed by atoms with E-state index in [9.17, 15) is 0 Å². The summed E-state index contributed by atoms with van der Waals surface area (Å²) in [6.07, 6.45) is 0. The summed E-state index contributed by atoms with van der Waals surface area (Å²) in [5.41, 5.74) is 2.66. The SMILES string of the molecule is c1ccc(-c2c[s+](-c3ccccc3)c3ccccc23)cc1. The van der Waals surface area contributed by atoms with Crippen molar-refractivity contribution in [2.24, 2.45) is 0 Å².